The zero-order valence-corrected chi connectivity index (χ0v) is 15.7. The monoisotopic (exact) mass is 398 g/mol. The minimum absolute atomic E-state index is 0.214. The summed E-state index contributed by atoms with van der Waals surface area (Å²) in [6.45, 7) is 0. The molecule has 2 rings (SSSR count). The highest BCUT2D eigenvalue weighted by molar-refractivity contribution is 6.45. The fourth-order valence-corrected chi connectivity index (χ4v) is 2.57. The molecular weight excluding hydrogens is 383 g/mol. The smallest absolute Gasteiger partial charge is 0.314 e. The molecule has 2 amide bonds. The number of amides is 2. The first-order chi connectivity index (χ1) is 12.4. The van der Waals surface area contributed by atoms with Gasteiger partial charge in [-0.1, -0.05) is 23.2 Å². The van der Waals surface area contributed by atoms with Crippen LogP contribution in [0.15, 0.2) is 30.3 Å². The van der Waals surface area contributed by atoms with E-state index in [4.69, 9.17) is 37.4 Å². The maximum absolute atomic E-state index is 12.1. The van der Waals surface area contributed by atoms with Crippen molar-refractivity contribution in [1.82, 2.24) is 0 Å². The molecule has 7 nitrogen and oxygen atoms in total. The maximum atomic E-state index is 12.1. The SMILES string of the molecule is COc1cc(NC(=O)C(=O)Nc2ccc(Cl)cc2Cl)cc(OC)c1OC. The molecule has 0 fully saturated rings. The summed E-state index contributed by atoms with van der Waals surface area (Å²) in [6.07, 6.45) is 0. The predicted molar refractivity (Wildman–Crippen MR) is 99.8 cm³/mol. The minimum Gasteiger partial charge on any atom is -0.493 e. The molecule has 0 unspecified atom stereocenters. The second kappa shape index (κ2) is 8.64. The van der Waals surface area contributed by atoms with Crippen LogP contribution < -0.4 is 24.8 Å². The maximum Gasteiger partial charge on any atom is 0.314 e. The highest BCUT2D eigenvalue weighted by atomic mass is 35.5. The molecule has 138 valence electrons. The number of hydrogen-bond acceptors (Lipinski definition) is 5. The van der Waals surface area contributed by atoms with E-state index >= 15 is 0 Å². The Hall–Kier alpha value is -2.64. The van der Waals surface area contributed by atoms with E-state index in [0.717, 1.165) is 0 Å². The van der Waals surface area contributed by atoms with E-state index in [1.165, 1.54) is 45.6 Å². The first-order valence-corrected chi connectivity index (χ1v) is 8.02. The summed E-state index contributed by atoms with van der Waals surface area (Å²) in [5.74, 6) is -0.759. The molecule has 0 spiro atoms. The second-order valence-electron chi connectivity index (χ2n) is 4.95. The average Bonchev–Trinajstić information content (AvgIpc) is 2.62. The van der Waals surface area contributed by atoms with Gasteiger partial charge in [0.05, 0.1) is 32.0 Å². The molecule has 0 atom stereocenters. The first-order valence-electron chi connectivity index (χ1n) is 7.27. The normalized spacial score (nSPS) is 10.0. The molecule has 0 heterocycles. The Kier molecular flexibility index (Phi) is 6.54. The molecule has 2 aromatic rings. The lowest BCUT2D eigenvalue weighted by Gasteiger charge is -2.14. The van der Waals surface area contributed by atoms with Gasteiger partial charge in [-0.05, 0) is 18.2 Å². The largest absolute Gasteiger partial charge is 0.493 e. The van der Waals surface area contributed by atoms with Crippen LogP contribution >= 0.6 is 23.2 Å². The van der Waals surface area contributed by atoms with Crippen molar-refractivity contribution in [2.75, 3.05) is 32.0 Å². The van der Waals surface area contributed by atoms with Gasteiger partial charge in [0.15, 0.2) is 11.5 Å². The molecule has 0 aromatic heterocycles. The van der Waals surface area contributed by atoms with Gasteiger partial charge in [-0.15, -0.1) is 0 Å². The van der Waals surface area contributed by atoms with Crippen molar-refractivity contribution in [3.05, 3.63) is 40.4 Å². The summed E-state index contributed by atoms with van der Waals surface area (Å²) >= 11 is 11.8. The van der Waals surface area contributed by atoms with Crippen LogP contribution in [-0.4, -0.2) is 33.1 Å². The summed E-state index contributed by atoms with van der Waals surface area (Å²) in [5.41, 5.74) is 0.558. The first kappa shape index (κ1) is 19.7. The third-order valence-corrected chi connectivity index (χ3v) is 3.86. The van der Waals surface area contributed by atoms with Gasteiger partial charge in [-0.25, -0.2) is 0 Å². The number of anilines is 2. The van der Waals surface area contributed by atoms with Gasteiger partial charge in [0.2, 0.25) is 5.75 Å². The molecule has 2 aromatic carbocycles. The molecule has 0 aliphatic carbocycles. The Bertz CT molecular complexity index is 817. The third kappa shape index (κ3) is 4.50. The molecule has 0 saturated carbocycles. The highest BCUT2D eigenvalue weighted by Gasteiger charge is 2.19. The summed E-state index contributed by atoms with van der Waals surface area (Å²) in [6, 6.07) is 7.49. The van der Waals surface area contributed by atoms with Gasteiger partial charge in [-0.2, -0.15) is 0 Å². The Morgan fingerprint density at radius 3 is 1.92 bits per heavy atom. The third-order valence-electron chi connectivity index (χ3n) is 3.31. The molecule has 0 radical (unpaired) electrons. The number of nitrogens with one attached hydrogen (secondary N) is 2. The molecule has 0 aliphatic rings. The van der Waals surface area contributed by atoms with Crippen molar-refractivity contribution in [3.8, 4) is 17.2 Å². The molecule has 9 heteroatoms. The number of carbonyl (C=O) groups excluding carboxylic acids is 2. The van der Waals surface area contributed by atoms with Crippen molar-refractivity contribution in [1.29, 1.82) is 0 Å². The van der Waals surface area contributed by atoms with Crippen LogP contribution in [0, 0.1) is 0 Å². The lowest BCUT2D eigenvalue weighted by molar-refractivity contribution is -0.132. The molecule has 0 bridgehead atoms. The average molecular weight is 399 g/mol. The van der Waals surface area contributed by atoms with Crippen molar-refractivity contribution < 1.29 is 23.8 Å². The van der Waals surface area contributed by atoms with E-state index < -0.39 is 11.8 Å². The zero-order valence-electron chi connectivity index (χ0n) is 14.2. The van der Waals surface area contributed by atoms with E-state index in [1.807, 2.05) is 0 Å². The number of halogens is 2. The van der Waals surface area contributed by atoms with Crippen LogP contribution in [0.2, 0.25) is 10.0 Å². The highest BCUT2D eigenvalue weighted by Crippen LogP contribution is 2.39. The van der Waals surface area contributed by atoms with Crippen LogP contribution in [0.5, 0.6) is 17.2 Å². The van der Waals surface area contributed by atoms with Crippen molar-refractivity contribution in [3.63, 3.8) is 0 Å². The topological polar surface area (TPSA) is 85.9 Å². The van der Waals surface area contributed by atoms with Crippen molar-refractivity contribution >= 4 is 46.4 Å². The summed E-state index contributed by atoms with van der Waals surface area (Å²) in [4.78, 5) is 24.2. The lowest BCUT2D eigenvalue weighted by atomic mass is 10.2. The summed E-state index contributed by atoms with van der Waals surface area (Å²) in [7, 11) is 4.35. The van der Waals surface area contributed by atoms with Gasteiger partial charge in [0, 0.05) is 22.8 Å². The number of ether oxygens (including phenoxy) is 3. The van der Waals surface area contributed by atoms with Crippen LogP contribution in [0.25, 0.3) is 0 Å². The Morgan fingerprint density at radius 1 is 0.846 bits per heavy atom. The van der Waals surface area contributed by atoms with Crippen molar-refractivity contribution in [2.45, 2.75) is 0 Å². The Labute approximate surface area is 160 Å². The lowest BCUT2D eigenvalue weighted by Crippen LogP contribution is -2.29. The van der Waals surface area contributed by atoms with Crippen LogP contribution in [0.1, 0.15) is 0 Å². The Balaban J connectivity index is 2.17. The number of hydrogen-bond donors (Lipinski definition) is 2. The quantitative estimate of drug-likeness (QED) is 0.751. The standard InChI is InChI=1S/C17H16Cl2N2O5/c1-24-13-7-10(8-14(25-2)15(13)26-3)20-16(22)17(23)21-12-5-4-9(18)6-11(12)19/h4-8H,1-3H3,(H,20,22)(H,21,23). The molecule has 0 aliphatic heterocycles. The predicted octanol–water partition coefficient (Wildman–Crippen LogP) is 3.60. The van der Waals surface area contributed by atoms with Gasteiger partial charge in [0.1, 0.15) is 0 Å². The second-order valence-corrected chi connectivity index (χ2v) is 5.79. The van der Waals surface area contributed by atoms with Gasteiger partial charge in [0.25, 0.3) is 0 Å². The van der Waals surface area contributed by atoms with Gasteiger partial charge in [-0.3, -0.25) is 9.59 Å². The molecule has 26 heavy (non-hydrogen) atoms. The minimum atomic E-state index is -0.900. The fraction of sp³-hybridized carbons (Fsp3) is 0.176. The summed E-state index contributed by atoms with van der Waals surface area (Å²) < 4.78 is 15.6. The number of rotatable bonds is 5. The number of benzene rings is 2. The molecule has 2 N–H and O–H groups in total. The zero-order chi connectivity index (χ0) is 19.3. The molecular formula is C17H16Cl2N2O5. The van der Waals surface area contributed by atoms with Crippen LogP contribution in [0.3, 0.4) is 0 Å². The van der Waals surface area contributed by atoms with E-state index in [0.29, 0.717) is 28.0 Å². The van der Waals surface area contributed by atoms with Gasteiger partial charge < -0.3 is 24.8 Å². The van der Waals surface area contributed by atoms with E-state index in [1.54, 1.807) is 6.07 Å². The van der Waals surface area contributed by atoms with E-state index in [9.17, 15) is 9.59 Å². The molecule has 0 saturated heterocycles. The van der Waals surface area contributed by atoms with Gasteiger partial charge >= 0.3 is 11.8 Å². The van der Waals surface area contributed by atoms with Crippen LogP contribution in [0.4, 0.5) is 11.4 Å². The van der Waals surface area contributed by atoms with Crippen molar-refractivity contribution in [2.24, 2.45) is 0 Å². The summed E-state index contributed by atoms with van der Waals surface area (Å²) in [5, 5.41) is 5.49. The van der Waals surface area contributed by atoms with Crippen LogP contribution in [-0.2, 0) is 9.59 Å². The van der Waals surface area contributed by atoms with E-state index in [2.05, 4.69) is 10.6 Å². The fourth-order valence-electron chi connectivity index (χ4n) is 2.11. The Morgan fingerprint density at radius 2 is 1.42 bits per heavy atom. The number of methoxy groups -OCH3 is 3. The van der Waals surface area contributed by atoms with E-state index in [-0.39, 0.29) is 10.7 Å². The number of carbonyl (C=O) groups is 2.